The summed E-state index contributed by atoms with van der Waals surface area (Å²) in [4.78, 5) is 13.9. The summed E-state index contributed by atoms with van der Waals surface area (Å²) in [5.41, 5.74) is 2.53. The molecule has 1 unspecified atom stereocenters. The molecule has 1 amide bonds. The van der Waals surface area contributed by atoms with Gasteiger partial charge in [0.1, 0.15) is 0 Å². The van der Waals surface area contributed by atoms with Gasteiger partial charge in [0, 0.05) is 21.0 Å². The van der Waals surface area contributed by atoms with E-state index in [9.17, 15) is 9.00 Å². The summed E-state index contributed by atoms with van der Waals surface area (Å²) < 4.78 is 12.5. The molecule has 138 valence electrons. The minimum Gasteiger partial charge on any atom is -0.322 e. The minimum atomic E-state index is -1.23. The molecule has 4 heteroatoms. The van der Waals surface area contributed by atoms with Crippen molar-refractivity contribution in [2.24, 2.45) is 0 Å². The van der Waals surface area contributed by atoms with Crippen molar-refractivity contribution in [3.8, 4) is 0 Å². The van der Waals surface area contributed by atoms with E-state index >= 15 is 0 Å². The number of nitrogens with one attached hydrogen (secondary N) is 1. The first-order valence-corrected chi connectivity index (χ1v) is 9.98. The van der Waals surface area contributed by atoms with E-state index in [1.54, 1.807) is 24.3 Å². The van der Waals surface area contributed by atoms with Crippen molar-refractivity contribution in [1.29, 1.82) is 0 Å². The Hall–Kier alpha value is -2.72. The third-order valence-corrected chi connectivity index (χ3v) is 5.70. The standard InChI is InChI=1S/C23H23NO2S/c1-23(2,3)18-11-9-17(10-12-18)22(25)24-19-13-15-21(16-14-19)27(26)20-7-5-4-6-8-20/h4-16H,1-3H3,(H,24,25). The summed E-state index contributed by atoms with van der Waals surface area (Å²) in [5.74, 6) is -0.160. The molecule has 3 nitrogen and oxygen atoms in total. The SMILES string of the molecule is CC(C)(C)c1ccc(C(=O)Nc2ccc(S(=O)c3ccccc3)cc2)cc1. The normalized spacial score (nSPS) is 12.4. The molecule has 0 aliphatic heterocycles. The van der Waals surface area contributed by atoms with E-state index in [1.165, 1.54) is 5.56 Å². The van der Waals surface area contributed by atoms with E-state index in [-0.39, 0.29) is 11.3 Å². The molecule has 3 aromatic rings. The number of rotatable bonds is 4. The van der Waals surface area contributed by atoms with Crippen molar-refractivity contribution in [1.82, 2.24) is 0 Å². The predicted molar refractivity (Wildman–Crippen MR) is 111 cm³/mol. The fourth-order valence-electron chi connectivity index (χ4n) is 2.67. The highest BCUT2D eigenvalue weighted by Crippen LogP contribution is 2.23. The van der Waals surface area contributed by atoms with Crippen LogP contribution in [0.5, 0.6) is 0 Å². The van der Waals surface area contributed by atoms with Gasteiger partial charge in [-0.25, -0.2) is 4.21 Å². The van der Waals surface area contributed by atoms with Gasteiger partial charge in [-0.1, -0.05) is 51.1 Å². The molecule has 0 radical (unpaired) electrons. The average Bonchev–Trinajstić information content (AvgIpc) is 2.68. The van der Waals surface area contributed by atoms with Crippen molar-refractivity contribution in [2.75, 3.05) is 5.32 Å². The average molecular weight is 378 g/mol. The van der Waals surface area contributed by atoms with Crippen molar-refractivity contribution in [3.05, 3.63) is 90.0 Å². The van der Waals surface area contributed by atoms with Crippen LogP contribution in [-0.2, 0) is 16.2 Å². The Morgan fingerprint density at radius 3 is 1.89 bits per heavy atom. The molecule has 3 aromatic carbocycles. The van der Waals surface area contributed by atoms with Crippen LogP contribution in [0.3, 0.4) is 0 Å². The Kier molecular flexibility index (Phi) is 5.57. The Morgan fingerprint density at radius 2 is 1.33 bits per heavy atom. The van der Waals surface area contributed by atoms with E-state index in [2.05, 4.69) is 26.1 Å². The maximum Gasteiger partial charge on any atom is 0.255 e. The second kappa shape index (κ2) is 7.89. The largest absolute Gasteiger partial charge is 0.322 e. The topological polar surface area (TPSA) is 46.2 Å². The van der Waals surface area contributed by atoms with Gasteiger partial charge in [0.2, 0.25) is 0 Å². The molecular weight excluding hydrogens is 354 g/mol. The molecule has 1 N–H and O–H groups in total. The van der Waals surface area contributed by atoms with Crippen LogP contribution in [0, 0.1) is 0 Å². The van der Waals surface area contributed by atoms with Crippen molar-refractivity contribution >= 4 is 22.4 Å². The lowest BCUT2D eigenvalue weighted by molar-refractivity contribution is 0.102. The van der Waals surface area contributed by atoms with Gasteiger partial charge >= 0.3 is 0 Å². The molecule has 0 aromatic heterocycles. The van der Waals surface area contributed by atoms with Crippen LogP contribution in [0.2, 0.25) is 0 Å². The summed E-state index contributed by atoms with van der Waals surface area (Å²) in [6.45, 7) is 6.43. The van der Waals surface area contributed by atoms with Crippen molar-refractivity contribution < 1.29 is 9.00 Å². The van der Waals surface area contributed by atoms with E-state index < -0.39 is 10.8 Å². The number of anilines is 1. The number of benzene rings is 3. The first-order chi connectivity index (χ1) is 12.8. The molecule has 0 spiro atoms. The Bertz CT molecular complexity index is 940. The first kappa shape index (κ1) is 19.1. The molecule has 0 bridgehead atoms. The Balaban J connectivity index is 1.69. The van der Waals surface area contributed by atoms with Crippen molar-refractivity contribution in [3.63, 3.8) is 0 Å². The molecule has 0 fully saturated rings. The number of carbonyl (C=O) groups excluding carboxylic acids is 1. The number of carbonyl (C=O) groups is 1. The number of hydrogen-bond acceptors (Lipinski definition) is 2. The monoisotopic (exact) mass is 377 g/mol. The second-order valence-corrected chi connectivity index (χ2v) is 8.87. The third kappa shape index (κ3) is 4.72. The zero-order chi connectivity index (χ0) is 19.4. The van der Waals surface area contributed by atoms with Crippen LogP contribution < -0.4 is 5.32 Å². The maximum absolute atomic E-state index is 12.5. The maximum atomic E-state index is 12.5. The Morgan fingerprint density at radius 1 is 0.778 bits per heavy atom. The van der Waals surface area contributed by atoms with Gasteiger partial charge in [-0.3, -0.25) is 4.79 Å². The zero-order valence-electron chi connectivity index (χ0n) is 15.7. The molecule has 0 heterocycles. The molecule has 0 aliphatic rings. The fraction of sp³-hybridized carbons (Fsp3) is 0.174. The smallest absolute Gasteiger partial charge is 0.255 e. The highest BCUT2D eigenvalue weighted by molar-refractivity contribution is 7.85. The van der Waals surface area contributed by atoms with Crippen LogP contribution in [0.1, 0.15) is 36.7 Å². The van der Waals surface area contributed by atoms with Gasteiger partial charge < -0.3 is 5.32 Å². The van der Waals surface area contributed by atoms with Gasteiger partial charge in [-0.2, -0.15) is 0 Å². The molecule has 0 aliphatic carbocycles. The van der Waals surface area contributed by atoms with Gasteiger partial charge in [0.15, 0.2) is 0 Å². The van der Waals surface area contributed by atoms with Gasteiger partial charge in [0.05, 0.1) is 10.8 Å². The van der Waals surface area contributed by atoms with Gasteiger partial charge in [-0.15, -0.1) is 0 Å². The van der Waals surface area contributed by atoms with Crippen LogP contribution >= 0.6 is 0 Å². The van der Waals surface area contributed by atoms with Crippen LogP contribution in [0.4, 0.5) is 5.69 Å². The van der Waals surface area contributed by atoms with Crippen molar-refractivity contribution in [2.45, 2.75) is 36.0 Å². The third-order valence-electron chi connectivity index (χ3n) is 4.30. The minimum absolute atomic E-state index is 0.0548. The second-order valence-electron chi connectivity index (χ2n) is 7.39. The lowest BCUT2D eigenvalue weighted by atomic mass is 9.87. The summed E-state index contributed by atoms with van der Waals surface area (Å²) in [6.07, 6.45) is 0. The highest BCUT2D eigenvalue weighted by Gasteiger charge is 2.14. The predicted octanol–water partition coefficient (Wildman–Crippen LogP) is 5.40. The fourth-order valence-corrected chi connectivity index (χ4v) is 3.73. The quantitative estimate of drug-likeness (QED) is 0.661. The highest BCUT2D eigenvalue weighted by atomic mass is 32.2. The van der Waals surface area contributed by atoms with Crippen LogP contribution in [0.25, 0.3) is 0 Å². The molecular formula is C23H23NO2S. The Labute approximate surface area is 162 Å². The van der Waals surface area contributed by atoms with E-state index in [0.717, 1.165) is 4.90 Å². The summed E-state index contributed by atoms with van der Waals surface area (Å²) >= 11 is 0. The molecule has 0 saturated carbocycles. The number of amides is 1. The zero-order valence-corrected chi connectivity index (χ0v) is 16.5. The molecule has 0 saturated heterocycles. The lowest BCUT2D eigenvalue weighted by Gasteiger charge is -2.19. The van der Waals surface area contributed by atoms with Crippen LogP contribution in [0.15, 0.2) is 88.7 Å². The molecule has 1 atom stereocenters. The summed E-state index contributed by atoms with van der Waals surface area (Å²) in [5, 5.41) is 2.88. The van der Waals surface area contributed by atoms with Gasteiger partial charge in [-0.05, 0) is 59.5 Å². The summed E-state index contributed by atoms with van der Waals surface area (Å²) in [7, 11) is -1.23. The molecule has 27 heavy (non-hydrogen) atoms. The lowest BCUT2D eigenvalue weighted by Crippen LogP contribution is -2.14. The molecule has 3 rings (SSSR count). The van der Waals surface area contributed by atoms with E-state index in [4.69, 9.17) is 0 Å². The first-order valence-electron chi connectivity index (χ1n) is 8.83. The van der Waals surface area contributed by atoms with E-state index in [0.29, 0.717) is 16.1 Å². The number of hydrogen-bond donors (Lipinski definition) is 1. The summed E-state index contributed by atoms with van der Waals surface area (Å²) in [6, 6.07) is 24.1. The van der Waals surface area contributed by atoms with Crippen LogP contribution in [-0.4, -0.2) is 10.1 Å². The van der Waals surface area contributed by atoms with E-state index in [1.807, 2.05) is 54.6 Å². The van der Waals surface area contributed by atoms with Gasteiger partial charge in [0.25, 0.3) is 5.91 Å².